The molecule has 0 radical (unpaired) electrons. The maximum absolute atomic E-state index is 12.0. The van der Waals surface area contributed by atoms with Gasteiger partial charge >= 0.3 is 5.76 Å². The molecular formula is C15H19N3O3S. The molecule has 0 spiro atoms. The van der Waals surface area contributed by atoms with Gasteiger partial charge in [-0.15, -0.1) is 16.4 Å². The lowest BCUT2D eigenvalue weighted by Crippen LogP contribution is -2.36. The van der Waals surface area contributed by atoms with Crippen molar-refractivity contribution in [1.82, 2.24) is 14.7 Å². The summed E-state index contributed by atoms with van der Waals surface area (Å²) in [5.74, 6) is 0.608. The van der Waals surface area contributed by atoms with Gasteiger partial charge < -0.3 is 9.15 Å². The van der Waals surface area contributed by atoms with Gasteiger partial charge in [-0.25, -0.2) is 4.79 Å². The molecule has 6 nitrogen and oxygen atoms in total. The van der Waals surface area contributed by atoms with Gasteiger partial charge in [0.1, 0.15) is 6.67 Å². The van der Waals surface area contributed by atoms with Crippen LogP contribution in [0, 0.1) is 5.92 Å². The lowest BCUT2D eigenvalue weighted by atomic mass is 10.1. The fourth-order valence-corrected chi connectivity index (χ4v) is 3.53. The van der Waals surface area contributed by atoms with Gasteiger partial charge in [0.25, 0.3) is 5.89 Å². The summed E-state index contributed by atoms with van der Waals surface area (Å²) < 4.78 is 12.2. The first-order valence-electron chi connectivity index (χ1n) is 7.73. The van der Waals surface area contributed by atoms with E-state index in [1.54, 1.807) is 0 Å². The Balaban J connectivity index is 1.49. The first-order valence-corrected chi connectivity index (χ1v) is 8.61. The number of ether oxygens (including phenoxy) is 1. The van der Waals surface area contributed by atoms with E-state index in [-0.39, 0.29) is 5.76 Å². The Hall–Kier alpha value is -1.44. The Kier molecular flexibility index (Phi) is 3.85. The summed E-state index contributed by atoms with van der Waals surface area (Å²) in [6.07, 6.45) is 3.52. The lowest BCUT2D eigenvalue weighted by Gasteiger charge is -2.23. The van der Waals surface area contributed by atoms with E-state index in [4.69, 9.17) is 9.15 Å². The van der Waals surface area contributed by atoms with Crippen LogP contribution >= 0.6 is 11.3 Å². The van der Waals surface area contributed by atoms with Gasteiger partial charge in [-0.05, 0) is 36.6 Å². The van der Waals surface area contributed by atoms with E-state index in [0.717, 1.165) is 31.1 Å². The molecule has 4 rings (SSSR count). The van der Waals surface area contributed by atoms with Crippen LogP contribution in [0.25, 0.3) is 10.8 Å². The quantitative estimate of drug-likeness (QED) is 0.814. The Morgan fingerprint density at radius 3 is 3.00 bits per heavy atom. The minimum absolute atomic E-state index is 0.378. The lowest BCUT2D eigenvalue weighted by molar-refractivity contribution is 0.139. The number of rotatable bonds is 6. The van der Waals surface area contributed by atoms with Crippen LogP contribution in [0.1, 0.15) is 19.3 Å². The van der Waals surface area contributed by atoms with E-state index >= 15 is 0 Å². The Labute approximate surface area is 132 Å². The van der Waals surface area contributed by atoms with Gasteiger partial charge in [0.15, 0.2) is 0 Å². The molecule has 0 N–H and O–H groups in total. The van der Waals surface area contributed by atoms with E-state index in [0.29, 0.717) is 24.5 Å². The molecule has 7 heteroatoms. The molecule has 3 heterocycles. The average molecular weight is 321 g/mol. The van der Waals surface area contributed by atoms with Gasteiger partial charge in [0, 0.05) is 19.2 Å². The third-order valence-corrected chi connectivity index (χ3v) is 5.09. The van der Waals surface area contributed by atoms with Crippen molar-refractivity contribution in [2.24, 2.45) is 5.92 Å². The predicted octanol–water partition coefficient (Wildman–Crippen LogP) is 2.02. The van der Waals surface area contributed by atoms with Crippen LogP contribution in [0.3, 0.4) is 0 Å². The smallest absolute Gasteiger partial charge is 0.387 e. The maximum Gasteiger partial charge on any atom is 0.438 e. The molecule has 2 aromatic rings. The summed E-state index contributed by atoms with van der Waals surface area (Å²) in [6, 6.07) is 4.42. The van der Waals surface area contributed by atoms with Crippen LogP contribution in [-0.2, 0) is 11.4 Å². The van der Waals surface area contributed by atoms with Crippen LogP contribution in [-0.4, -0.2) is 40.5 Å². The molecule has 22 heavy (non-hydrogen) atoms. The first-order chi connectivity index (χ1) is 10.8. The summed E-state index contributed by atoms with van der Waals surface area (Å²) in [7, 11) is 0. The molecule has 1 saturated carbocycles. The van der Waals surface area contributed by atoms with E-state index in [2.05, 4.69) is 10.00 Å². The zero-order chi connectivity index (χ0) is 14.9. The van der Waals surface area contributed by atoms with Gasteiger partial charge in [0.2, 0.25) is 0 Å². The van der Waals surface area contributed by atoms with Gasteiger partial charge in [-0.2, -0.15) is 4.68 Å². The van der Waals surface area contributed by atoms with Gasteiger partial charge in [-0.3, -0.25) is 4.90 Å². The number of aromatic nitrogens is 2. The van der Waals surface area contributed by atoms with Gasteiger partial charge in [-0.1, -0.05) is 6.07 Å². The van der Waals surface area contributed by atoms with E-state index < -0.39 is 0 Å². The zero-order valence-electron chi connectivity index (χ0n) is 12.3. The van der Waals surface area contributed by atoms with Crippen molar-refractivity contribution in [2.75, 3.05) is 19.8 Å². The van der Waals surface area contributed by atoms with E-state index in [1.165, 1.54) is 28.9 Å². The summed E-state index contributed by atoms with van der Waals surface area (Å²) in [6.45, 7) is 3.17. The highest BCUT2D eigenvalue weighted by Gasteiger charge is 2.32. The zero-order valence-corrected chi connectivity index (χ0v) is 13.1. The number of hydrogen-bond donors (Lipinski definition) is 0. The monoisotopic (exact) mass is 321 g/mol. The van der Waals surface area contributed by atoms with Crippen molar-refractivity contribution >= 4 is 11.3 Å². The SMILES string of the molecule is O=c1oc(-c2cccs2)nn1CN(C[C@H]1CCOC1)C1CC1. The number of nitrogens with zero attached hydrogens (tertiary/aromatic N) is 3. The molecule has 0 aromatic carbocycles. The largest absolute Gasteiger partial charge is 0.438 e. The second-order valence-corrected chi connectivity index (χ2v) is 6.97. The Bertz CT molecular complexity index is 669. The third kappa shape index (κ3) is 3.02. The summed E-state index contributed by atoms with van der Waals surface area (Å²) in [5, 5.41) is 6.30. The molecule has 1 saturated heterocycles. The highest BCUT2D eigenvalue weighted by molar-refractivity contribution is 7.13. The molecule has 1 atom stereocenters. The molecule has 118 valence electrons. The van der Waals surface area contributed by atoms with Crippen molar-refractivity contribution in [3.8, 4) is 10.8 Å². The topological polar surface area (TPSA) is 60.5 Å². The minimum Gasteiger partial charge on any atom is -0.387 e. The number of hydrogen-bond acceptors (Lipinski definition) is 6. The Morgan fingerprint density at radius 1 is 1.41 bits per heavy atom. The fourth-order valence-electron chi connectivity index (χ4n) is 2.89. The van der Waals surface area contributed by atoms with Crippen molar-refractivity contribution in [1.29, 1.82) is 0 Å². The van der Waals surface area contributed by atoms with Crippen LogP contribution in [0.15, 0.2) is 26.7 Å². The summed E-state index contributed by atoms with van der Waals surface area (Å²) >= 11 is 1.52. The average Bonchev–Trinajstić information content (AvgIpc) is 2.95. The van der Waals surface area contributed by atoms with Crippen molar-refractivity contribution in [3.63, 3.8) is 0 Å². The predicted molar refractivity (Wildman–Crippen MR) is 82.7 cm³/mol. The molecule has 0 bridgehead atoms. The third-order valence-electron chi connectivity index (χ3n) is 4.23. The van der Waals surface area contributed by atoms with Crippen molar-refractivity contribution in [2.45, 2.75) is 32.0 Å². The van der Waals surface area contributed by atoms with Crippen molar-refractivity contribution in [3.05, 3.63) is 28.1 Å². The van der Waals surface area contributed by atoms with E-state index in [1.807, 2.05) is 17.5 Å². The molecule has 0 amide bonds. The van der Waals surface area contributed by atoms with Crippen LogP contribution in [0.2, 0.25) is 0 Å². The first kappa shape index (κ1) is 14.2. The summed E-state index contributed by atoms with van der Waals surface area (Å²) in [5.41, 5.74) is 0. The van der Waals surface area contributed by atoms with Crippen LogP contribution in [0.5, 0.6) is 0 Å². The molecule has 2 aliphatic rings. The van der Waals surface area contributed by atoms with Crippen molar-refractivity contribution < 1.29 is 9.15 Å². The fraction of sp³-hybridized carbons (Fsp3) is 0.600. The Morgan fingerprint density at radius 2 is 2.32 bits per heavy atom. The highest BCUT2D eigenvalue weighted by Crippen LogP contribution is 2.29. The van der Waals surface area contributed by atoms with E-state index in [9.17, 15) is 4.79 Å². The highest BCUT2D eigenvalue weighted by atomic mass is 32.1. The minimum atomic E-state index is -0.378. The normalized spacial score (nSPS) is 21.8. The molecule has 2 aromatic heterocycles. The second kappa shape index (κ2) is 5.98. The second-order valence-electron chi connectivity index (χ2n) is 6.02. The standard InChI is InChI=1S/C15H19N3O3S/c19-15-18(16-14(21-15)13-2-1-7-22-13)10-17(12-3-4-12)8-11-5-6-20-9-11/h1-2,7,11-12H,3-6,8-10H2/t11-/m1/s1. The molecule has 1 aliphatic heterocycles. The molecule has 2 fully saturated rings. The number of thiophene rings is 1. The van der Waals surface area contributed by atoms with Crippen LogP contribution in [0.4, 0.5) is 0 Å². The van der Waals surface area contributed by atoms with Gasteiger partial charge in [0.05, 0.1) is 11.5 Å². The van der Waals surface area contributed by atoms with Crippen LogP contribution < -0.4 is 5.76 Å². The molecule has 1 aliphatic carbocycles. The maximum atomic E-state index is 12.0. The molecular weight excluding hydrogens is 302 g/mol. The summed E-state index contributed by atoms with van der Waals surface area (Å²) in [4.78, 5) is 15.3. The molecule has 0 unspecified atom stereocenters.